The molecule has 1 aromatic heterocycles. The first-order valence-electron chi connectivity index (χ1n) is 5.82. The average molecular weight is 235 g/mol. The van der Waals surface area contributed by atoms with Crippen LogP contribution in [0.25, 0.3) is 0 Å². The van der Waals surface area contributed by atoms with E-state index in [0.717, 1.165) is 6.42 Å². The number of hydrogen-bond acceptors (Lipinski definition) is 3. The number of amides is 1. The van der Waals surface area contributed by atoms with Crippen LogP contribution in [-0.4, -0.2) is 16.9 Å². The van der Waals surface area contributed by atoms with E-state index < -0.39 is 0 Å². The first-order valence-corrected chi connectivity index (χ1v) is 5.82. The predicted molar refractivity (Wildman–Crippen MR) is 69.5 cm³/mol. The minimum absolute atomic E-state index is 0.0604. The molecule has 0 aliphatic carbocycles. The zero-order valence-electron chi connectivity index (χ0n) is 10.7. The van der Waals surface area contributed by atoms with Gasteiger partial charge in [-0.15, -0.1) is 0 Å². The van der Waals surface area contributed by atoms with Gasteiger partial charge in [-0.3, -0.25) is 9.78 Å². The number of pyridine rings is 1. The highest BCUT2D eigenvalue weighted by Gasteiger charge is 2.18. The van der Waals surface area contributed by atoms with Gasteiger partial charge in [0, 0.05) is 18.7 Å². The molecular formula is C13H21N3O. The number of nitrogens with zero attached hydrogens (tertiary/aromatic N) is 1. The number of anilines is 1. The summed E-state index contributed by atoms with van der Waals surface area (Å²) < 4.78 is 0. The van der Waals surface area contributed by atoms with Crippen LogP contribution < -0.4 is 11.1 Å². The van der Waals surface area contributed by atoms with Crippen molar-refractivity contribution < 1.29 is 4.79 Å². The highest BCUT2D eigenvalue weighted by Crippen LogP contribution is 2.21. The third-order valence-electron chi connectivity index (χ3n) is 2.27. The summed E-state index contributed by atoms with van der Waals surface area (Å²) in [6, 6.07) is 3.48. The van der Waals surface area contributed by atoms with Gasteiger partial charge in [-0.25, -0.2) is 0 Å². The van der Waals surface area contributed by atoms with Crippen LogP contribution in [0.15, 0.2) is 24.5 Å². The Morgan fingerprint density at radius 3 is 2.76 bits per heavy atom. The van der Waals surface area contributed by atoms with E-state index >= 15 is 0 Å². The molecule has 0 spiro atoms. The van der Waals surface area contributed by atoms with E-state index in [9.17, 15) is 4.79 Å². The van der Waals surface area contributed by atoms with Crippen molar-refractivity contribution in [2.24, 2.45) is 11.1 Å². The van der Waals surface area contributed by atoms with E-state index in [1.54, 1.807) is 24.5 Å². The molecule has 1 atom stereocenters. The molecule has 0 saturated heterocycles. The largest absolute Gasteiger partial charge is 0.327 e. The molecule has 0 aliphatic heterocycles. The molecule has 3 N–H and O–H groups in total. The molecule has 1 rings (SSSR count). The molecule has 17 heavy (non-hydrogen) atoms. The fourth-order valence-electron chi connectivity index (χ4n) is 1.75. The minimum Gasteiger partial charge on any atom is -0.327 e. The van der Waals surface area contributed by atoms with Crippen LogP contribution in [0.2, 0.25) is 0 Å². The van der Waals surface area contributed by atoms with Crippen molar-refractivity contribution >= 4 is 11.6 Å². The van der Waals surface area contributed by atoms with E-state index in [-0.39, 0.29) is 17.4 Å². The number of nitrogens with one attached hydrogen (secondary N) is 1. The second-order valence-electron chi connectivity index (χ2n) is 5.52. The smallest absolute Gasteiger partial charge is 0.225 e. The highest BCUT2D eigenvalue weighted by atomic mass is 16.1. The summed E-state index contributed by atoms with van der Waals surface area (Å²) in [7, 11) is 0. The fourth-order valence-corrected chi connectivity index (χ4v) is 1.75. The second kappa shape index (κ2) is 5.77. The molecule has 4 nitrogen and oxygen atoms in total. The van der Waals surface area contributed by atoms with Gasteiger partial charge in [0.25, 0.3) is 0 Å². The lowest BCUT2D eigenvalue weighted by Gasteiger charge is -2.22. The first-order chi connectivity index (χ1) is 7.87. The lowest BCUT2D eigenvalue weighted by molar-refractivity contribution is -0.116. The van der Waals surface area contributed by atoms with Gasteiger partial charge in [-0.2, -0.15) is 0 Å². The van der Waals surface area contributed by atoms with Gasteiger partial charge in [0.05, 0.1) is 11.9 Å². The van der Waals surface area contributed by atoms with Crippen LogP contribution in [0.4, 0.5) is 5.69 Å². The quantitative estimate of drug-likeness (QED) is 0.840. The van der Waals surface area contributed by atoms with Crippen LogP contribution in [0.5, 0.6) is 0 Å². The molecule has 0 radical (unpaired) electrons. The van der Waals surface area contributed by atoms with E-state index in [1.165, 1.54) is 0 Å². The lowest BCUT2D eigenvalue weighted by Crippen LogP contribution is -2.31. The molecule has 1 aromatic rings. The highest BCUT2D eigenvalue weighted by molar-refractivity contribution is 5.90. The van der Waals surface area contributed by atoms with Gasteiger partial charge in [-0.05, 0) is 24.0 Å². The SMILES string of the molecule is CC(C)(C)CC(N)CC(=O)Nc1cccnc1. The number of carbonyl (C=O) groups is 1. The zero-order valence-corrected chi connectivity index (χ0v) is 10.7. The third kappa shape index (κ3) is 6.02. The van der Waals surface area contributed by atoms with Gasteiger partial charge in [-0.1, -0.05) is 20.8 Å². The first kappa shape index (κ1) is 13.6. The van der Waals surface area contributed by atoms with Crippen LogP contribution >= 0.6 is 0 Å². The number of carbonyl (C=O) groups excluding carboxylic acids is 1. The molecule has 0 fully saturated rings. The zero-order chi connectivity index (χ0) is 12.9. The van der Waals surface area contributed by atoms with Crippen LogP contribution in [0.1, 0.15) is 33.6 Å². The van der Waals surface area contributed by atoms with Crippen molar-refractivity contribution in [3.63, 3.8) is 0 Å². The van der Waals surface area contributed by atoms with Crippen molar-refractivity contribution in [1.82, 2.24) is 4.98 Å². The summed E-state index contributed by atoms with van der Waals surface area (Å²) in [5.74, 6) is -0.0604. The van der Waals surface area contributed by atoms with Gasteiger partial charge >= 0.3 is 0 Å². The Balaban J connectivity index is 2.40. The standard InChI is InChI=1S/C13H21N3O/c1-13(2,3)8-10(14)7-12(17)16-11-5-4-6-15-9-11/h4-6,9-10H,7-8,14H2,1-3H3,(H,16,17). The number of aromatic nitrogens is 1. The second-order valence-corrected chi connectivity index (χ2v) is 5.52. The molecule has 0 saturated carbocycles. The summed E-state index contributed by atoms with van der Waals surface area (Å²) in [6.45, 7) is 6.35. The van der Waals surface area contributed by atoms with Crippen molar-refractivity contribution in [2.75, 3.05) is 5.32 Å². The van der Waals surface area contributed by atoms with Crippen LogP contribution in [0, 0.1) is 5.41 Å². The Labute approximate surface area is 103 Å². The topological polar surface area (TPSA) is 68.0 Å². The maximum absolute atomic E-state index is 11.7. The van der Waals surface area contributed by atoms with Crippen LogP contribution in [0.3, 0.4) is 0 Å². The van der Waals surface area contributed by atoms with Crippen molar-refractivity contribution in [2.45, 2.75) is 39.7 Å². The van der Waals surface area contributed by atoms with Gasteiger partial charge < -0.3 is 11.1 Å². The minimum atomic E-state index is -0.105. The maximum atomic E-state index is 11.7. The predicted octanol–water partition coefficient (Wildman–Crippen LogP) is 2.17. The van der Waals surface area contributed by atoms with Gasteiger partial charge in [0.2, 0.25) is 5.91 Å². The average Bonchev–Trinajstić information content (AvgIpc) is 2.15. The molecule has 1 amide bonds. The molecule has 1 heterocycles. The van der Waals surface area contributed by atoms with E-state index in [1.807, 2.05) is 0 Å². The third-order valence-corrected chi connectivity index (χ3v) is 2.27. The van der Waals surface area contributed by atoms with E-state index in [4.69, 9.17) is 5.73 Å². The summed E-state index contributed by atoms with van der Waals surface area (Å²) in [5.41, 5.74) is 6.79. The fraction of sp³-hybridized carbons (Fsp3) is 0.538. The molecule has 4 heteroatoms. The number of rotatable bonds is 4. The lowest BCUT2D eigenvalue weighted by atomic mass is 9.87. The van der Waals surface area contributed by atoms with Crippen molar-refractivity contribution in [3.8, 4) is 0 Å². The normalized spacial score (nSPS) is 13.2. The Hall–Kier alpha value is -1.42. The van der Waals surface area contributed by atoms with Crippen LogP contribution in [-0.2, 0) is 4.79 Å². The maximum Gasteiger partial charge on any atom is 0.225 e. The molecule has 0 aliphatic rings. The number of nitrogens with two attached hydrogens (primary N) is 1. The monoisotopic (exact) mass is 235 g/mol. The van der Waals surface area contributed by atoms with E-state index in [0.29, 0.717) is 12.1 Å². The van der Waals surface area contributed by atoms with E-state index in [2.05, 4.69) is 31.1 Å². The summed E-state index contributed by atoms with van der Waals surface area (Å²) in [4.78, 5) is 15.6. The molecular weight excluding hydrogens is 214 g/mol. The Morgan fingerprint density at radius 2 is 2.24 bits per heavy atom. The summed E-state index contributed by atoms with van der Waals surface area (Å²) >= 11 is 0. The summed E-state index contributed by atoms with van der Waals surface area (Å²) in [5, 5.41) is 2.78. The van der Waals surface area contributed by atoms with Gasteiger partial charge in [0.15, 0.2) is 0 Å². The Kier molecular flexibility index (Phi) is 4.63. The number of hydrogen-bond donors (Lipinski definition) is 2. The molecule has 0 bridgehead atoms. The van der Waals surface area contributed by atoms with Gasteiger partial charge in [0.1, 0.15) is 0 Å². The molecule has 0 aromatic carbocycles. The molecule has 1 unspecified atom stereocenters. The van der Waals surface area contributed by atoms with Crippen molar-refractivity contribution in [1.29, 1.82) is 0 Å². The summed E-state index contributed by atoms with van der Waals surface area (Å²) in [6.07, 6.45) is 4.45. The Morgan fingerprint density at radius 1 is 1.53 bits per heavy atom. The Bertz CT molecular complexity index is 357. The molecule has 94 valence electrons. The van der Waals surface area contributed by atoms with Crippen molar-refractivity contribution in [3.05, 3.63) is 24.5 Å².